The minimum absolute atomic E-state index is 0.119. The normalized spacial score (nSPS) is 28.1. The summed E-state index contributed by atoms with van der Waals surface area (Å²) >= 11 is 5.98. The predicted molar refractivity (Wildman–Crippen MR) is 71.7 cm³/mol. The second-order valence-corrected chi connectivity index (χ2v) is 5.72. The highest BCUT2D eigenvalue weighted by Crippen LogP contribution is 2.29. The van der Waals surface area contributed by atoms with Gasteiger partial charge in [0.15, 0.2) is 0 Å². The molecule has 1 aliphatic rings. The van der Waals surface area contributed by atoms with E-state index in [1.165, 1.54) is 23.7 Å². The lowest BCUT2D eigenvalue weighted by Gasteiger charge is -2.34. The third-order valence-electron chi connectivity index (χ3n) is 4.13. The van der Waals surface area contributed by atoms with Gasteiger partial charge in [-0.05, 0) is 18.3 Å². The Labute approximate surface area is 113 Å². The van der Waals surface area contributed by atoms with Gasteiger partial charge in [-0.25, -0.2) is 0 Å². The van der Waals surface area contributed by atoms with Crippen LogP contribution in [0, 0.1) is 11.8 Å². The Morgan fingerprint density at radius 1 is 1.50 bits per heavy atom. The summed E-state index contributed by atoms with van der Waals surface area (Å²) in [4.78, 5) is 12.2. The van der Waals surface area contributed by atoms with Crippen LogP contribution in [0.25, 0.3) is 0 Å². The molecule has 1 aromatic heterocycles. The Balaban J connectivity index is 2.08. The minimum Gasteiger partial charge on any atom is -0.348 e. The van der Waals surface area contributed by atoms with E-state index in [9.17, 15) is 4.79 Å². The van der Waals surface area contributed by atoms with E-state index in [4.69, 9.17) is 11.6 Å². The van der Waals surface area contributed by atoms with E-state index in [-0.39, 0.29) is 11.9 Å². The number of nitrogens with zero attached hydrogens (tertiary/aromatic N) is 2. The van der Waals surface area contributed by atoms with E-state index in [0.717, 1.165) is 6.42 Å². The second kappa shape index (κ2) is 5.31. The van der Waals surface area contributed by atoms with Crippen LogP contribution >= 0.6 is 11.6 Å². The van der Waals surface area contributed by atoms with E-state index in [1.54, 1.807) is 7.05 Å². The number of hydrogen-bond donors (Lipinski definition) is 1. The molecule has 5 heteroatoms. The maximum atomic E-state index is 12.2. The zero-order chi connectivity index (χ0) is 13.3. The number of aryl methyl sites for hydroxylation is 1. The molecule has 1 N–H and O–H groups in total. The van der Waals surface area contributed by atoms with Gasteiger partial charge in [0.2, 0.25) is 0 Å². The average molecular weight is 270 g/mol. The van der Waals surface area contributed by atoms with Crippen LogP contribution in [0.5, 0.6) is 0 Å². The molecule has 0 spiro atoms. The van der Waals surface area contributed by atoms with Crippen molar-refractivity contribution in [1.29, 1.82) is 0 Å². The van der Waals surface area contributed by atoms with Crippen molar-refractivity contribution in [2.45, 2.75) is 39.2 Å². The molecule has 18 heavy (non-hydrogen) atoms. The number of carbonyl (C=O) groups excluding carboxylic acids is 1. The first-order chi connectivity index (χ1) is 8.50. The molecule has 0 aromatic carbocycles. The number of hydrogen-bond acceptors (Lipinski definition) is 2. The Bertz CT molecular complexity index is 424. The summed E-state index contributed by atoms with van der Waals surface area (Å²) in [7, 11) is 1.73. The Morgan fingerprint density at radius 2 is 2.22 bits per heavy atom. The lowest BCUT2D eigenvalue weighted by molar-refractivity contribution is 0.0881. The number of amides is 1. The van der Waals surface area contributed by atoms with E-state index < -0.39 is 0 Å². The van der Waals surface area contributed by atoms with Crippen LogP contribution < -0.4 is 5.32 Å². The zero-order valence-corrected chi connectivity index (χ0v) is 11.9. The SMILES string of the molecule is C[C@H]1[C@H](C)CCC[C@H]1NC(=O)c1c(Cl)cnn1C. The van der Waals surface area contributed by atoms with Gasteiger partial charge in [-0.1, -0.05) is 38.3 Å². The van der Waals surface area contributed by atoms with Crippen molar-refractivity contribution in [3.8, 4) is 0 Å². The molecule has 1 amide bonds. The fourth-order valence-corrected chi connectivity index (χ4v) is 2.94. The first-order valence-corrected chi connectivity index (χ1v) is 6.87. The van der Waals surface area contributed by atoms with Crippen LogP contribution in [0.3, 0.4) is 0 Å². The van der Waals surface area contributed by atoms with Gasteiger partial charge in [0.05, 0.1) is 11.2 Å². The van der Waals surface area contributed by atoms with E-state index >= 15 is 0 Å². The molecule has 0 radical (unpaired) electrons. The van der Waals surface area contributed by atoms with Crippen LogP contribution in [-0.2, 0) is 7.05 Å². The van der Waals surface area contributed by atoms with Crippen molar-refractivity contribution in [3.05, 3.63) is 16.9 Å². The summed E-state index contributed by atoms with van der Waals surface area (Å²) in [5.74, 6) is 1.05. The number of aromatic nitrogens is 2. The summed E-state index contributed by atoms with van der Waals surface area (Å²) in [5.41, 5.74) is 0.446. The van der Waals surface area contributed by atoms with Crippen LogP contribution in [-0.4, -0.2) is 21.7 Å². The monoisotopic (exact) mass is 269 g/mol. The summed E-state index contributed by atoms with van der Waals surface area (Å²) in [6, 6.07) is 0.243. The summed E-state index contributed by atoms with van der Waals surface area (Å²) in [6.07, 6.45) is 4.98. The van der Waals surface area contributed by atoms with E-state index in [0.29, 0.717) is 22.6 Å². The van der Waals surface area contributed by atoms with Gasteiger partial charge >= 0.3 is 0 Å². The number of carbonyl (C=O) groups is 1. The zero-order valence-electron chi connectivity index (χ0n) is 11.1. The lowest BCUT2D eigenvalue weighted by atomic mass is 9.78. The lowest BCUT2D eigenvalue weighted by Crippen LogP contribution is -2.44. The third kappa shape index (κ3) is 2.53. The molecule has 0 bridgehead atoms. The van der Waals surface area contributed by atoms with Crippen LogP contribution in [0.2, 0.25) is 5.02 Å². The van der Waals surface area contributed by atoms with Gasteiger partial charge in [0, 0.05) is 13.1 Å². The van der Waals surface area contributed by atoms with Gasteiger partial charge in [-0.15, -0.1) is 0 Å². The standard InChI is InChI=1S/C13H20ClN3O/c1-8-5-4-6-11(9(8)2)16-13(18)12-10(14)7-15-17(12)3/h7-9,11H,4-6H2,1-3H3,(H,16,18)/t8-,9+,11-/m1/s1. The van der Waals surface area contributed by atoms with Crippen LogP contribution in [0.4, 0.5) is 0 Å². The Hall–Kier alpha value is -1.03. The van der Waals surface area contributed by atoms with Crippen molar-refractivity contribution in [1.82, 2.24) is 15.1 Å². The summed E-state index contributed by atoms with van der Waals surface area (Å²) in [5, 5.41) is 7.50. The Morgan fingerprint density at radius 3 is 2.83 bits per heavy atom. The quantitative estimate of drug-likeness (QED) is 0.897. The highest BCUT2D eigenvalue weighted by molar-refractivity contribution is 6.33. The molecular formula is C13H20ClN3O. The highest BCUT2D eigenvalue weighted by atomic mass is 35.5. The molecular weight excluding hydrogens is 250 g/mol. The van der Waals surface area contributed by atoms with Gasteiger partial charge < -0.3 is 5.32 Å². The fraction of sp³-hybridized carbons (Fsp3) is 0.692. The van der Waals surface area contributed by atoms with Gasteiger partial charge in [-0.2, -0.15) is 5.10 Å². The first kappa shape index (κ1) is 13.4. The molecule has 0 aliphatic heterocycles. The molecule has 1 aromatic rings. The molecule has 100 valence electrons. The largest absolute Gasteiger partial charge is 0.348 e. The van der Waals surface area contributed by atoms with Crippen molar-refractivity contribution in [3.63, 3.8) is 0 Å². The molecule has 2 rings (SSSR count). The smallest absolute Gasteiger partial charge is 0.271 e. The van der Waals surface area contributed by atoms with Crippen molar-refractivity contribution < 1.29 is 4.79 Å². The molecule has 1 heterocycles. The Kier molecular flexibility index (Phi) is 3.95. The highest BCUT2D eigenvalue weighted by Gasteiger charge is 2.29. The maximum Gasteiger partial charge on any atom is 0.271 e. The molecule has 1 aliphatic carbocycles. The van der Waals surface area contributed by atoms with Crippen LogP contribution in [0.1, 0.15) is 43.6 Å². The molecule has 0 unspecified atom stereocenters. The topological polar surface area (TPSA) is 46.9 Å². The number of halogens is 1. The fourth-order valence-electron chi connectivity index (χ4n) is 2.69. The maximum absolute atomic E-state index is 12.2. The molecule has 3 atom stereocenters. The first-order valence-electron chi connectivity index (χ1n) is 6.49. The van der Waals surface area contributed by atoms with E-state index in [2.05, 4.69) is 24.3 Å². The van der Waals surface area contributed by atoms with E-state index in [1.807, 2.05) is 0 Å². The van der Waals surface area contributed by atoms with Gasteiger partial charge in [0.1, 0.15) is 5.69 Å². The molecule has 1 fully saturated rings. The summed E-state index contributed by atoms with van der Waals surface area (Å²) in [6.45, 7) is 4.46. The summed E-state index contributed by atoms with van der Waals surface area (Å²) < 4.78 is 1.52. The van der Waals surface area contributed by atoms with Crippen molar-refractivity contribution in [2.75, 3.05) is 0 Å². The van der Waals surface area contributed by atoms with Crippen LogP contribution in [0.15, 0.2) is 6.20 Å². The second-order valence-electron chi connectivity index (χ2n) is 5.31. The number of nitrogens with one attached hydrogen (secondary N) is 1. The molecule has 1 saturated carbocycles. The predicted octanol–water partition coefficient (Wildman–Crippen LogP) is 2.63. The number of rotatable bonds is 2. The molecule has 0 saturated heterocycles. The van der Waals surface area contributed by atoms with Crippen molar-refractivity contribution >= 4 is 17.5 Å². The third-order valence-corrected chi connectivity index (χ3v) is 4.41. The average Bonchev–Trinajstić information content (AvgIpc) is 2.65. The van der Waals surface area contributed by atoms with Gasteiger partial charge in [0.25, 0.3) is 5.91 Å². The van der Waals surface area contributed by atoms with Gasteiger partial charge in [-0.3, -0.25) is 9.48 Å². The minimum atomic E-state index is -0.119. The van der Waals surface area contributed by atoms with Crippen molar-refractivity contribution in [2.24, 2.45) is 18.9 Å². The molecule has 4 nitrogen and oxygen atoms in total.